The van der Waals surface area contributed by atoms with E-state index in [0.29, 0.717) is 10.9 Å². The molecule has 1 heterocycles. The van der Waals surface area contributed by atoms with Crippen LogP contribution in [0.4, 0.5) is 0 Å². The van der Waals surface area contributed by atoms with Crippen LogP contribution in [0.25, 0.3) is 0 Å². The van der Waals surface area contributed by atoms with E-state index in [1.54, 1.807) is 0 Å². The first-order valence-electron chi connectivity index (χ1n) is 6.10. The van der Waals surface area contributed by atoms with Crippen LogP contribution >= 0.6 is 35.3 Å². The van der Waals surface area contributed by atoms with Gasteiger partial charge in [0.1, 0.15) is 4.21 Å². The lowest BCUT2D eigenvalue weighted by atomic mass is 10.3. The number of sulfonamides is 1. The van der Waals surface area contributed by atoms with Crippen LogP contribution < -0.4 is 15.4 Å². The first kappa shape index (κ1) is 20.6. The highest BCUT2D eigenvalue weighted by atomic mass is 35.5. The first-order valence-corrected chi connectivity index (χ1v) is 8.78. The molecular formula is C11H19Cl2N3O3S2. The van der Waals surface area contributed by atoms with Crippen LogP contribution in [0.15, 0.2) is 16.3 Å². The molecule has 21 heavy (non-hydrogen) atoms. The number of nitrogens with one attached hydrogen (secondary N) is 3. The van der Waals surface area contributed by atoms with Gasteiger partial charge in [0.05, 0.1) is 10.9 Å². The number of carbonyl (C=O) groups excluding carboxylic acids is 1. The molecule has 0 aliphatic rings. The standard InChI is InChI=1S/C11H18ClN3O3S2.ClH/c1-3-13-8(2)6-14-10(16)7-15-20(17,18)11-5-4-9(12)19-11;/h4-5,8,13,15H,3,6-7H2,1-2H3,(H,14,16);1H/t8-;/m1./s1. The Morgan fingerprint density at radius 2 is 2.10 bits per heavy atom. The van der Waals surface area contributed by atoms with Crippen molar-refractivity contribution < 1.29 is 13.2 Å². The van der Waals surface area contributed by atoms with Gasteiger partial charge in [-0.05, 0) is 25.6 Å². The molecule has 1 aromatic heterocycles. The monoisotopic (exact) mass is 375 g/mol. The fraction of sp³-hybridized carbons (Fsp3) is 0.545. The second-order valence-corrected chi connectivity index (χ2v) is 7.85. The Morgan fingerprint density at radius 1 is 1.43 bits per heavy atom. The summed E-state index contributed by atoms with van der Waals surface area (Å²) in [5, 5.41) is 5.78. The van der Waals surface area contributed by atoms with Gasteiger partial charge in [0, 0.05) is 12.6 Å². The normalized spacial score (nSPS) is 12.5. The van der Waals surface area contributed by atoms with Crippen molar-refractivity contribution in [1.82, 2.24) is 15.4 Å². The Bertz CT molecular complexity index is 549. The van der Waals surface area contributed by atoms with Gasteiger partial charge >= 0.3 is 0 Å². The van der Waals surface area contributed by atoms with Crippen LogP contribution in [0.3, 0.4) is 0 Å². The van der Waals surface area contributed by atoms with Crippen LogP contribution in [-0.4, -0.2) is 40.0 Å². The Hall–Kier alpha value is -0.380. The van der Waals surface area contributed by atoms with Gasteiger partial charge in [-0.3, -0.25) is 4.79 Å². The molecule has 1 amide bonds. The summed E-state index contributed by atoms with van der Waals surface area (Å²) in [7, 11) is -3.68. The number of rotatable bonds is 8. The van der Waals surface area contributed by atoms with E-state index in [2.05, 4.69) is 15.4 Å². The second-order valence-electron chi connectivity index (χ2n) is 4.15. The highest BCUT2D eigenvalue weighted by molar-refractivity contribution is 7.91. The maximum absolute atomic E-state index is 11.8. The minimum Gasteiger partial charge on any atom is -0.353 e. The van der Waals surface area contributed by atoms with Crippen molar-refractivity contribution in [1.29, 1.82) is 0 Å². The third kappa shape index (κ3) is 7.44. The number of amides is 1. The van der Waals surface area contributed by atoms with Gasteiger partial charge in [-0.25, -0.2) is 13.1 Å². The summed E-state index contributed by atoms with van der Waals surface area (Å²) in [6, 6.07) is 3.04. The molecule has 0 aliphatic heterocycles. The lowest BCUT2D eigenvalue weighted by molar-refractivity contribution is -0.120. The number of hydrogen-bond donors (Lipinski definition) is 3. The van der Waals surface area contributed by atoms with Gasteiger partial charge in [-0.2, -0.15) is 0 Å². The van der Waals surface area contributed by atoms with Gasteiger partial charge in [0.2, 0.25) is 5.91 Å². The van der Waals surface area contributed by atoms with E-state index < -0.39 is 10.0 Å². The quantitative estimate of drug-likeness (QED) is 0.637. The Labute approximate surface area is 140 Å². The topological polar surface area (TPSA) is 87.3 Å². The molecule has 1 rings (SSSR count). The largest absolute Gasteiger partial charge is 0.353 e. The Kier molecular flexibility index (Phi) is 9.43. The third-order valence-electron chi connectivity index (χ3n) is 2.39. The minimum absolute atomic E-state index is 0. The van der Waals surface area contributed by atoms with E-state index in [4.69, 9.17) is 11.6 Å². The smallest absolute Gasteiger partial charge is 0.250 e. The summed E-state index contributed by atoms with van der Waals surface area (Å²) < 4.78 is 26.4. The van der Waals surface area contributed by atoms with Crippen LogP contribution in [0.5, 0.6) is 0 Å². The number of likely N-dealkylation sites (N-methyl/N-ethyl adjacent to an activating group) is 1. The molecular weight excluding hydrogens is 357 g/mol. The van der Waals surface area contributed by atoms with Gasteiger partial charge in [0.15, 0.2) is 0 Å². The molecule has 0 bridgehead atoms. The van der Waals surface area contributed by atoms with Crippen LogP contribution in [-0.2, 0) is 14.8 Å². The fourth-order valence-electron chi connectivity index (χ4n) is 1.42. The fourth-order valence-corrected chi connectivity index (χ4v) is 3.93. The summed E-state index contributed by atoms with van der Waals surface area (Å²) >= 11 is 6.63. The van der Waals surface area contributed by atoms with Crippen LogP contribution in [0.1, 0.15) is 13.8 Å². The zero-order valence-electron chi connectivity index (χ0n) is 11.7. The molecule has 0 spiro atoms. The zero-order chi connectivity index (χ0) is 15.2. The summed E-state index contributed by atoms with van der Waals surface area (Å²) in [4.78, 5) is 11.5. The molecule has 0 aromatic carbocycles. The van der Waals surface area contributed by atoms with E-state index in [-0.39, 0.29) is 35.1 Å². The average Bonchev–Trinajstić information content (AvgIpc) is 2.82. The molecule has 10 heteroatoms. The molecule has 0 aliphatic carbocycles. The van der Waals surface area contributed by atoms with Crippen molar-refractivity contribution in [2.24, 2.45) is 0 Å². The summed E-state index contributed by atoms with van der Waals surface area (Å²) in [6.07, 6.45) is 0. The van der Waals surface area contributed by atoms with Crippen molar-refractivity contribution >= 4 is 51.3 Å². The molecule has 0 saturated heterocycles. The van der Waals surface area contributed by atoms with E-state index in [9.17, 15) is 13.2 Å². The molecule has 0 saturated carbocycles. The Balaban J connectivity index is 0.00000400. The van der Waals surface area contributed by atoms with Crippen molar-refractivity contribution in [2.45, 2.75) is 24.1 Å². The predicted molar refractivity (Wildman–Crippen MR) is 87.9 cm³/mol. The zero-order valence-corrected chi connectivity index (χ0v) is 14.9. The highest BCUT2D eigenvalue weighted by Gasteiger charge is 2.17. The van der Waals surface area contributed by atoms with Crippen molar-refractivity contribution in [2.75, 3.05) is 19.6 Å². The molecule has 0 unspecified atom stereocenters. The molecule has 6 nitrogen and oxygen atoms in total. The van der Waals surface area contributed by atoms with Crippen LogP contribution in [0.2, 0.25) is 4.34 Å². The van der Waals surface area contributed by atoms with E-state index >= 15 is 0 Å². The van der Waals surface area contributed by atoms with Gasteiger partial charge < -0.3 is 10.6 Å². The van der Waals surface area contributed by atoms with E-state index in [1.807, 2.05) is 13.8 Å². The second kappa shape index (κ2) is 9.60. The van der Waals surface area contributed by atoms with Crippen molar-refractivity contribution in [3.63, 3.8) is 0 Å². The summed E-state index contributed by atoms with van der Waals surface area (Å²) in [6.45, 7) is 4.86. The molecule has 1 atom stereocenters. The lowest BCUT2D eigenvalue weighted by Gasteiger charge is -2.13. The molecule has 0 fully saturated rings. The number of halogens is 2. The Morgan fingerprint density at radius 3 is 2.62 bits per heavy atom. The lowest BCUT2D eigenvalue weighted by Crippen LogP contribution is -2.42. The number of hydrogen-bond acceptors (Lipinski definition) is 5. The molecule has 3 N–H and O–H groups in total. The van der Waals surface area contributed by atoms with Gasteiger partial charge in [-0.15, -0.1) is 23.7 Å². The third-order valence-corrected chi connectivity index (χ3v) is 5.52. The van der Waals surface area contributed by atoms with E-state index in [1.165, 1.54) is 12.1 Å². The average molecular weight is 376 g/mol. The SMILES string of the molecule is CCN[C@H](C)CNC(=O)CNS(=O)(=O)c1ccc(Cl)s1.Cl. The minimum atomic E-state index is -3.68. The number of thiophene rings is 1. The predicted octanol–water partition coefficient (Wildman–Crippen LogP) is 1.22. The van der Waals surface area contributed by atoms with Crippen LogP contribution in [0, 0.1) is 0 Å². The van der Waals surface area contributed by atoms with Crippen molar-refractivity contribution in [3.8, 4) is 0 Å². The van der Waals surface area contributed by atoms with Crippen molar-refractivity contribution in [3.05, 3.63) is 16.5 Å². The molecule has 0 radical (unpaired) electrons. The highest BCUT2D eigenvalue weighted by Crippen LogP contribution is 2.25. The maximum Gasteiger partial charge on any atom is 0.250 e. The number of carbonyl (C=O) groups is 1. The molecule has 122 valence electrons. The first-order chi connectivity index (χ1) is 9.35. The van der Waals surface area contributed by atoms with E-state index in [0.717, 1.165) is 17.9 Å². The van der Waals surface area contributed by atoms with Gasteiger partial charge in [0.25, 0.3) is 10.0 Å². The molecule has 1 aromatic rings. The van der Waals surface area contributed by atoms with Gasteiger partial charge in [-0.1, -0.05) is 18.5 Å². The summed E-state index contributed by atoms with van der Waals surface area (Å²) in [5.41, 5.74) is 0. The maximum atomic E-state index is 11.8. The summed E-state index contributed by atoms with van der Waals surface area (Å²) in [5.74, 6) is -0.374.